The molecule has 3 heterocycles. The van der Waals surface area contributed by atoms with Crippen molar-refractivity contribution in [2.24, 2.45) is 12.8 Å². The standard InChI is InChI=1S/C18H17FN6S/c1-25-10-14(18-21-7-8-26-18)23-16(25)6-5-15-22-13(9-20)11-3-2-4-12(19)17(11)24-15/h2-4,7-8,10H,5-6,9,20H2,1H3. The first-order valence-electron chi connectivity index (χ1n) is 8.22. The van der Waals surface area contributed by atoms with Crippen LogP contribution in [0.3, 0.4) is 0 Å². The third kappa shape index (κ3) is 3.09. The minimum atomic E-state index is -0.358. The zero-order chi connectivity index (χ0) is 18.1. The van der Waals surface area contributed by atoms with Crippen LogP contribution in [0, 0.1) is 5.82 Å². The molecule has 4 rings (SSSR count). The van der Waals surface area contributed by atoms with Crippen molar-refractivity contribution < 1.29 is 4.39 Å². The highest BCUT2D eigenvalue weighted by molar-refractivity contribution is 7.13. The van der Waals surface area contributed by atoms with Crippen molar-refractivity contribution in [2.45, 2.75) is 19.4 Å². The van der Waals surface area contributed by atoms with Gasteiger partial charge in [0.25, 0.3) is 0 Å². The SMILES string of the molecule is Cn1cc(-c2nccs2)nc1CCc1nc(CN)c2cccc(F)c2n1. The van der Waals surface area contributed by atoms with Crippen LogP contribution in [0.15, 0.2) is 36.0 Å². The summed E-state index contributed by atoms with van der Waals surface area (Å²) in [4.78, 5) is 17.8. The number of thiazole rings is 1. The first-order chi connectivity index (χ1) is 12.7. The van der Waals surface area contributed by atoms with Crippen molar-refractivity contribution in [1.29, 1.82) is 0 Å². The molecule has 0 bridgehead atoms. The van der Waals surface area contributed by atoms with Crippen molar-refractivity contribution in [3.63, 3.8) is 0 Å². The molecule has 6 nitrogen and oxygen atoms in total. The highest BCUT2D eigenvalue weighted by atomic mass is 32.1. The molecule has 0 aliphatic rings. The number of fused-ring (bicyclic) bond motifs is 1. The number of nitrogens with two attached hydrogens (primary N) is 1. The van der Waals surface area contributed by atoms with Crippen LogP contribution in [0.1, 0.15) is 17.3 Å². The topological polar surface area (TPSA) is 82.5 Å². The first kappa shape index (κ1) is 16.7. The number of aryl methyl sites for hydroxylation is 3. The smallest absolute Gasteiger partial charge is 0.149 e. The summed E-state index contributed by atoms with van der Waals surface area (Å²) in [5, 5.41) is 3.48. The number of hydrogen-bond acceptors (Lipinski definition) is 6. The summed E-state index contributed by atoms with van der Waals surface area (Å²) in [5.41, 5.74) is 7.62. The van der Waals surface area contributed by atoms with Crippen molar-refractivity contribution in [3.8, 4) is 10.7 Å². The fourth-order valence-electron chi connectivity index (χ4n) is 2.91. The molecular weight excluding hydrogens is 351 g/mol. The van der Waals surface area contributed by atoms with Gasteiger partial charge in [0.15, 0.2) is 0 Å². The van der Waals surface area contributed by atoms with Gasteiger partial charge in [0, 0.05) is 49.6 Å². The Bertz CT molecular complexity index is 1060. The monoisotopic (exact) mass is 368 g/mol. The summed E-state index contributed by atoms with van der Waals surface area (Å²) >= 11 is 1.55. The average Bonchev–Trinajstić information content (AvgIpc) is 3.29. The number of rotatable bonds is 5. The van der Waals surface area contributed by atoms with Gasteiger partial charge in [-0.2, -0.15) is 0 Å². The van der Waals surface area contributed by atoms with E-state index in [-0.39, 0.29) is 12.4 Å². The Morgan fingerprint density at radius 1 is 1.19 bits per heavy atom. The van der Waals surface area contributed by atoms with Crippen LogP contribution in [0.2, 0.25) is 0 Å². The van der Waals surface area contributed by atoms with Crippen molar-refractivity contribution in [2.75, 3.05) is 0 Å². The Kier molecular flexibility index (Phi) is 4.44. The van der Waals surface area contributed by atoms with Gasteiger partial charge in [-0.25, -0.2) is 24.3 Å². The lowest BCUT2D eigenvalue weighted by Gasteiger charge is -2.08. The van der Waals surface area contributed by atoms with Crippen molar-refractivity contribution in [3.05, 3.63) is 59.1 Å². The number of nitrogens with zero attached hydrogens (tertiary/aromatic N) is 5. The molecule has 3 aromatic heterocycles. The van der Waals surface area contributed by atoms with E-state index in [4.69, 9.17) is 5.73 Å². The van der Waals surface area contributed by atoms with Gasteiger partial charge in [0.2, 0.25) is 0 Å². The maximum atomic E-state index is 14.1. The number of aromatic nitrogens is 5. The molecule has 1 aromatic carbocycles. The molecule has 2 N–H and O–H groups in total. The maximum Gasteiger partial charge on any atom is 0.149 e. The second kappa shape index (κ2) is 6.89. The zero-order valence-corrected chi connectivity index (χ0v) is 15.0. The largest absolute Gasteiger partial charge is 0.337 e. The summed E-state index contributed by atoms with van der Waals surface area (Å²) in [5.74, 6) is 1.12. The Labute approximate surface area is 153 Å². The number of halogens is 1. The van der Waals surface area contributed by atoms with E-state index in [0.29, 0.717) is 35.3 Å². The minimum Gasteiger partial charge on any atom is -0.337 e. The fourth-order valence-corrected chi connectivity index (χ4v) is 3.50. The quantitative estimate of drug-likeness (QED) is 0.586. The van der Waals surface area contributed by atoms with Crippen molar-refractivity contribution in [1.82, 2.24) is 24.5 Å². The van der Waals surface area contributed by atoms with Crippen LogP contribution < -0.4 is 5.73 Å². The first-order valence-corrected chi connectivity index (χ1v) is 9.10. The van der Waals surface area contributed by atoms with Gasteiger partial charge in [-0.15, -0.1) is 11.3 Å². The van der Waals surface area contributed by atoms with Gasteiger partial charge in [-0.05, 0) is 6.07 Å². The Morgan fingerprint density at radius 2 is 2.08 bits per heavy atom. The highest BCUT2D eigenvalue weighted by Gasteiger charge is 2.13. The van der Waals surface area contributed by atoms with E-state index in [9.17, 15) is 4.39 Å². The van der Waals surface area contributed by atoms with Crippen LogP contribution in [-0.2, 0) is 26.4 Å². The Morgan fingerprint density at radius 3 is 2.85 bits per heavy atom. The highest BCUT2D eigenvalue weighted by Crippen LogP contribution is 2.22. The van der Waals surface area contributed by atoms with Crippen LogP contribution in [0.5, 0.6) is 0 Å². The molecule has 0 saturated heterocycles. The molecule has 0 saturated carbocycles. The average molecular weight is 368 g/mol. The number of benzene rings is 1. The Hall–Kier alpha value is -2.71. The third-order valence-corrected chi connectivity index (χ3v) is 4.99. The number of imidazole rings is 1. The van der Waals surface area contributed by atoms with E-state index in [2.05, 4.69) is 19.9 Å². The molecule has 132 valence electrons. The lowest BCUT2D eigenvalue weighted by molar-refractivity contribution is 0.634. The number of para-hydroxylation sites is 1. The van der Waals surface area contributed by atoms with Gasteiger partial charge in [-0.1, -0.05) is 12.1 Å². The molecule has 0 aliphatic heterocycles. The molecule has 26 heavy (non-hydrogen) atoms. The van der Waals surface area contributed by atoms with E-state index in [0.717, 1.165) is 16.5 Å². The predicted octanol–water partition coefficient (Wildman–Crippen LogP) is 2.87. The van der Waals surface area contributed by atoms with Gasteiger partial charge in [0.05, 0.1) is 5.69 Å². The van der Waals surface area contributed by atoms with Gasteiger partial charge >= 0.3 is 0 Å². The van der Waals surface area contributed by atoms with Crippen LogP contribution in [-0.4, -0.2) is 24.5 Å². The lowest BCUT2D eigenvalue weighted by atomic mass is 10.1. The second-order valence-corrected chi connectivity index (χ2v) is 6.81. The minimum absolute atomic E-state index is 0.242. The summed E-state index contributed by atoms with van der Waals surface area (Å²) in [6.07, 6.45) is 4.92. The number of hydrogen-bond donors (Lipinski definition) is 1. The summed E-state index contributed by atoms with van der Waals surface area (Å²) in [6.45, 7) is 0.242. The van der Waals surface area contributed by atoms with Gasteiger partial charge in [0.1, 0.15) is 33.7 Å². The van der Waals surface area contributed by atoms with E-state index >= 15 is 0 Å². The van der Waals surface area contributed by atoms with Crippen LogP contribution in [0.4, 0.5) is 4.39 Å². The third-order valence-electron chi connectivity index (χ3n) is 4.19. The summed E-state index contributed by atoms with van der Waals surface area (Å²) < 4.78 is 16.1. The van der Waals surface area contributed by atoms with Crippen LogP contribution >= 0.6 is 11.3 Å². The molecule has 0 atom stereocenters. The molecule has 0 amide bonds. The molecule has 0 unspecified atom stereocenters. The van der Waals surface area contributed by atoms with Gasteiger partial charge in [-0.3, -0.25) is 0 Å². The van der Waals surface area contributed by atoms with Crippen molar-refractivity contribution >= 4 is 22.2 Å². The molecule has 0 spiro atoms. The normalized spacial score (nSPS) is 11.3. The molecular formula is C18H17FN6S. The zero-order valence-electron chi connectivity index (χ0n) is 14.2. The van der Waals surface area contributed by atoms with Crippen LogP contribution in [0.25, 0.3) is 21.6 Å². The fraction of sp³-hybridized carbons (Fsp3) is 0.222. The summed E-state index contributed by atoms with van der Waals surface area (Å²) in [6, 6.07) is 4.84. The summed E-state index contributed by atoms with van der Waals surface area (Å²) in [7, 11) is 1.95. The predicted molar refractivity (Wildman–Crippen MR) is 99.1 cm³/mol. The maximum absolute atomic E-state index is 14.1. The molecule has 8 heteroatoms. The van der Waals surface area contributed by atoms with E-state index < -0.39 is 0 Å². The Balaban J connectivity index is 1.61. The lowest BCUT2D eigenvalue weighted by Crippen LogP contribution is -2.08. The van der Waals surface area contributed by atoms with E-state index in [1.807, 2.05) is 23.2 Å². The van der Waals surface area contributed by atoms with Gasteiger partial charge < -0.3 is 10.3 Å². The van der Waals surface area contributed by atoms with E-state index in [1.54, 1.807) is 29.7 Å². The van der Waals surface area contributed by atoms with E-state index in [1.165, 1.54) is 6.07 Å². The molecule has 0 fully saturated rings. The second-order valence-electron chi connectivity index (χ2n) is 5.92. The molecule has 4 aromatic rings. The molecule has 0 radical (unpaired) electrons. The molecule has 0 aliphatic carbocycles.